The van der Waals surface area contributed by atoms with Gasteiger partial charge in [-0.2, -0.15) is 0 Å². The maximum atomic E-state index is 11.5. The summed E-state index contributed by atoms with van der Waals surface area (Å²) in [5.41, 5.74) is 0. The lowest BCUT2D eigenvalue weighted by atomic mass is 9.87. The second-order valence-electron chi connectivity index (χ2n) is 5.52. The molecule has 0 aromatic heterocycles. The molecule has 0 fully saturated rings. The molecular weight excluding hydrogens is 224 g/mol. The summed E-state index contributed by atoms with van der Waals surface area (Å²) in [5.74, 6) is 0.712. The van der Waals surface area contributed by atoms with E-state index in [2.05, 4.69) is 13.8 Å². The highest BCUT2D eigenvalue weighted by Crippen LogP contribution is 2.25. The van der Waals surface area contributed by atoms with Crippen molar-refractivity contribution in [3.05, 3.63) is 0 Å². The summed E-state index contributed by atoms with van der Waals surface area (Å²) in [6.45, 7) is 6.47. The molecule has 0 rings (SSSR count). The molecule has 2 nitrogen and oxygen atoms in total. The summed E-state index contributed by atoms with van der Waals surface area (Å²) < 4.78 is 4.82. The quantitative estimate of drug-likeness (QED) is 0.385. The van der Waals surface area contributed by atoms with Crippen molar-refractivity contribution >= 4 is 5.97 Å². The molecular formula is C16H32O2. The van der Waals surface area contributed by atoms with Crippen molar-refractivity contribution in [1.29, 1.82) is 0 Å². The average molecular weight is 256 g/mol. The fraction of sp³-hybridized carbons (Fsp3) is 0.938. The molecule has 0 bridgehead atoms. The lowest BCUT2D eigenvalue weighted by molar-refractivity contribution is -0.145. The van der Waals surface area contributed by atoms with Gasteiger partial charge >= 0.3 is 5.97 Å². The summed E-state index contributed by atoms with van der Waals surface area (Å²) in [6, 6.07) is 0. The third-order valence-corrected chi connectivity index (χ3v) is 3.72. The van der Waals surface area contributed by atoms with Crippen molar-refractivity contribution < 1.29 is 9.53 Å². The van der Waals surface area contributed by atoms with E-state index >= 15 is 0 Å². The summed E-state index contributed by atoms with van der Waals surface area (Å²) in [7, 11) is 1.49. The van der Waals surface area contributed by atoms with Crippen LogP contribution in [0.5, 0.6) is 0 Å². The molecule has 0 aromatic rings. The second-order valence-corrected chi connectivity index (χ2v) is 5.52. The monoisotopic (exact) mass is 256 g/mol. The van der Waals surface area contributed by atoms with Crippen molar-refractivity contribution in [2.75, 3.05) is 7.11 Å². The summed E-state index contributed by atoms with van der Waals surface area (Å²) in [4.78, 5) is 11.5. The maximum absolute atomic E-state index is 11.5. The van der Waals surface area contributed by atoms with E-state index in [4.69, 9.17) is 4.74 Å². The molecule has 0 aromatic carbocycles. The topological polar surface area (TPSA) is 26.3 Å². The minimum atomic E-state index is -0.0509. The minimum absolute atomic E-state index is 0.0509. The van der Waals surface area contributed by atoms with E-state index in [-0.39, 0.29) is 11.9 Å². The Morgan fingerprint density at radius 2 is 1.61 bits per heavy atom. The van der Waals surface area contributed by atoms with Gasteiger partial charge in [-0.15, -0.1) is 0 Å². The van der Waals surface area contributed by atoms with Crippen LogP contribution in [-0.4, -0.2) is 13.1 Å². The first-order chi connectivity index (χ1) is 8.65. The summed E-state index contributed by atoms with van der Waals surface area (Å²) in [6.07, 6.45) is 11.4. The second kappa shape index (κ2) is 11.6. The molecule has 0 amide bonds. The largest absolute Gasteiger partial charge is 0.469 e. The first-order valence-electron chi connectivity index (χ1n) is 7.73. The van der Waals surface area contributed by atoms with Gasteiger partial charge in [0.1, 0.15) is 0 Å². The fourth-order valence-electron chi connectivity index (χ4n) is 2.53. The molecule has 0 aliphatic carbocycles. The molecule has 0 saturated heterocycles. The Kier molecular flexibility index (Phi) is 11.2. The van der Waals surface area contributed by atoms with Crippen molar-refractivity contribution in [3.8, 4) is 0 Å². The molecule has 2 atom stereocenters. The van der Waals surface area contributed by atoms with Crippen molar-refractivity contribution in [3.63, 3.8) is 0 Å². The number of unbranched alkanes of at least 4 members (excludes halogenated alkanes) is 4. The highest BCUT2D eigenvalue weighted by Gasteiger charge is 2.18. The molecule has 2 heteroatoms. The van der Waals surface area contributed by atoms with E-state index in [0.717, 1.165) is 6.42 Å². The standard InChI is InChI=1S/C16H32O2/c1-5-7-9-10-12-15(11-8-6-2)13-14(3)16(17)18-4/h14-15H,5-13H2,1-4H3. The number of carbonyl (C=O) groups excluding carboxylic acids is 1. The molecule has 0 saturated carbocycles. The predicted molar refractivity (Wildman–Crippen MR) is 77.6 cm³/mol. The Hall–Kier alpha value is -0.530. The van der Waals surface area contributed by atoms with Crippen LogP contribution in [0.25, 0.3) is 0 Å². The Morgan fingerprint density at radius 1 is 1.00 bits per heavy atom. The van der Waals surface area contributed by atoms with Crippen molar-refractivity contribution in [2.24, 2.45) is 11.8 Å². The molecule has 2 unspecified atom stereocenters. The maximum Gasteiger partial charge on any atom is 0.308 e. The van der Waals surface area contributed by atoms with Gasteiger partial charge in [-0.05, 0) is 12.3 Å². The zero-order valence-electron chi connectivity index (χ0n) is 12.8. The van der Waals surface area contributed by atoms with Gasteiger partial charge in [-0.1, -0.05) is 72.1 Å². The van der Waals surface area contributed by atoms with Crippen LogP contribution in [0.2, 0.25) is 0 Å². The molecule has 18 heavy (non-hydrogen) atoms. The van der Waals surface area contributed by atoms with Crippen LogP contribution < -0.4 is 0 Å². The first-order valence-corrected chi connectivity index (χ1v) is 7.73. The number of hydrogen-bond acceptors (Lipinski definition) is 2. The van der Waals surface area contributed by atoms with Crippen molar-refractivity contribution in [2.45, 2.75) is 78.6 Å². The predicted octanol–water partition coefficient (Wildman–Crippen LogP) is 4.96. The van der Waals surface area contributed by atoms with E-state index in [1.807, 2.05) is 6.92 Å². The number of methoxy groups -OCH3 is 1. The van der Waals surface area contributed by atoms with Gasteiger partial charge in [0.15, 0.2) is 0 Å². The molecule has 0 heterocycles. The fourth-order valence-corrected chi connectivity index (χ4v) is 2.53. The lowest BCUT2D eigenvalue weighted by Gasteiger charge is -2.19. The van der Waals surface area contributed by atoms with Crippen LogP contribution in [0.4, 0.5) is 0 Å². The van der Waals surface area contributed by atoms with E-state index in [0.29, 0.717) is 5.92 Å². The normalized spacial score (nSPS) is 14.2. The van der Waals surface area contributed by atoms with E-state index in [1.54, 1.807) is 0 Å². The van der Waals surface area contributed by atoms with Crippen LogP contribution in [0, 0.1) is 11.8 Å². The van der Waals surface area contributed by atoms with Crippen LogP contribution in [-0.2, 0) is 9.53 Å². The first kappa shape index (κ1) is 17.5. The molecule has 108 valence electrons. The molecule has 0 aliphatic heterocycles. The Labute approximate surface area is 113 Å². The summed E-state index contributed by atoms with van der Waals surface area (Å²) >= 11 is 0. The molecule has 0 spiro atoms. The molecule has 0 radical (unpaired) electrons. The average Bonchev–Trinajstić information content (AvgIpc) is 2.39. The molecule has 0 N–H and O–H groups in total. The van der Waals surface area contributed by atoms with Gasteiger partial charge in [-0.25, -0.2) is 0 Å². The number of rotatable bonds is 11. The Balaban J connectivity index is 4.00. The van der Waals surface area contributed by atoms with Crippen molar-refractivity contribution in [1.82, 2.24) is 0 Å². The third kappa shape index (κ3) is 8.54. The van der Waals surface area contributed by atoms with E-state index in [1.165, 1.54) is 58.5 Å². The van der Waals surface area contributed by atoms with Crippen LogP contribution in [0.15, 0.2) is 0 Å². The van der Waals surface area contributed by atoms with Gasteiger partial charge < -0.3 is 4.74 Å². The lowest BCUT2D eigenvalue weighted by Crippen LogP contribution is -2.17. The SMILES string of the molecule is CCCCCCC(CCCC)CC(C)C(=O)OC. The van der Waals surface area contributed by atoms with E-state index < -0.39 is 0 Å². The highest BCUT2D eigenvalue weighted by molar-refractivity contribution is 5.71. The zero-order valence-corrected chi connectivity index (χ0v) is 12.8. The zero-order chi connectivity index (χ0) is 13.8. The van der Waals surface area contributed by atoms with Crippen LogP contribution in [0.1, 0.15) is 78.6 Å². The highest BCUT2D eigenvalue weighted by atomic mass is 16.5. The summed E-state index contributed by atoms with van der Waals surface area (Å²) in [5, 5.41) is 0. The Morgan fingerprint density at radius 3 is 2.17 bits per heavy atom. The van der Waals surface area contributed by atoms with Crippen LogP contribution >= 0.6 is 0 Å². The minimum Gasteiger partial charge on any atom is -0.469 e. The van der Waals surface area contributed by atoms with Gasteiger partial charge in [0.05, 0.1) is 13.0 Å². The third-order valence-electron chi connectivity index (χ3n) is 3.72. The van der Waals surface area contributed by atoms with Crippen LogP contribution in [0.3, 0.4) is 0 Å². The Bertz CT molecular complexity index is 201. The van der Waals surface area contributed by atoms with Gasteiger partial charge in [0, 0.05) is 0 Å². The smallest absolute Gasteiger partial charge is 0.308 e. The number of hydrogen-bond donors (Lipinski definition) is 0. The van der Waals surface area contributed by atoms with Gasteiger partial charge in [-0.3, -0.25) is 4.79 Å². The van der Waals surface area contributed by atoms with Gasteiger partial charge in [0.2, 0.25) is 0 Å². The number of carbonyl (C=O) groups is 1. The molecule has 0 aliphatic rings. The number of ether oxygens (including phenoxy) is 1. The number of esters is 1. The van der Waals surface area contributed by atoms with Gasteiger partial charge in [0.25, 0.3) is 0 Å². The van der Waals surface area contributed by atoms with E-state index in [9.17, 15) is 4.79 Å².